The summed E-state index contributed by atoms with van der Waals surface area (Å²) in [7, 11) is 0. The van der Waals surface area contributed by atoms with Gasteiger partial charge in [0.15, 0.2) is 5.11 Å². The second-order valence-corrected chi connectivity index (χ2v) is 7.97. The third-order valence-corrected chi connectivity index (χ3v) is 6.11. The van der Waals surface area contributed by atoms with Crippen LogP contribution in [-0.2, 0) is 4.79 Å². The average molecular weight is 376 g/mol. The molecule has 1 aromatic rings. The predicted octanol–water partition coefficient (Wildman–Crippen LogP) is 3.50. The number of amides is 1. The number of nitrogens with zero attached hydrogens (tertiary/aromatic N) is 1. The van der Waals surface area contributed by atoms with Crippen molar-refractivity contribution in [1.29, 1.82) is 0 Å². The molecule has 2 atom stereocenters. The molecular formula is C20H29N3O2S. The number of nitrogens with one attached hydrogen (secondary N) is 2. The molecule has 1 saturated carbocycles. The summed E-state index contributed by atoms with van der Waals surface area (Å²) in [6.45, 7) is 3.90. The van der Waals surface area contributed by atoms with Crippen molar-refractivity contribution in [3.63, 3.8) is 0 Å². The molecule has 3 N–H and O–H groups in total. The van der Waals surface area contributed by atoms with E-state index in [9.17, 15) is 9.90 Å². The number of benzene rings is 1. The fourth-order valence-corrected chi connectivity index (χ4v) is 4.27. The van der Waals surface area contributed by atoms with Crippen molar-refractivity contribution in [3.8, 4) is 5.75 Å². The number of piperidine rings is 1. The van der Waals surface area contributed by atoms with Crippen molar-refractivity contribution in [3.05, 3.63) is 24.3 Å². The van der Waals surface area contributed by atoms with Crippen molar-refractivity contribution in [1.82, 2.24) is 10.2 Å². The van der Waals surface area contributed by atoms with E-state index in [1.165, 1.54) is 25.7 Å². The highest BCUT2D eigenvalue weighted by molar-refractivity contribution is 7.80. The molecule has 6 heteroatoms. The number of carbonyl (C=O) groups is 1. The minimum absolute atomic E-state index is 0.0223. The van der Waals surface area contributed by atoms with Crippen molar-refractivity contribution in [2.24, 2.45) is 11.8 Å². The maximum absolute atomic E-state index is 12.5. The zero-order valence-electron chi connectivity index (χ0n) is 15.4. The molecular weight excluding hydrogens is 346 g/mol. The second kappa shape index (κ2) is 8.71. The van der Waals surface area contributed by atoms with Crippen LogP contribution in [0.3, 0.4) is 0 Å². The van der Waals surface area contributed by atoms with Crippen molar-refractivity contribution in [2.75, 3.05) is 18.4 Å². The van der Waals surface area contributed by atoms with Gasteiger partial charge in [-0.05, 0) is 56.0 Å². The maximum atomic E-state index is 12.5. The normalized spacial score (nSPS) is 24.1. The average Bonchev–Trinajstić information content (AvgIpc) is 2.65. The molecule has 142 valence electrons. The first kappa shape index (κ1) is 19.0. The molecule has 1 saturated heterocycles. The molecule has 0 bridgehead atoms. The van der Waals surface area contributed by atoms with Crippen LogP contribution < -0.4 is 10.6 Å². The number of anilines is 1. The van der Waals surface area contributed by atoms with E-state index in [2.05, 4.69) is 22.5 Å². The first-order chi connectivity index (χ1) is 12.5. The van der Waals surface area contributed by atoms with E-state index in [0.29, 0.717) is 17.6 Å². The highest BCUT2D eigenvalue weighted by atomic mass is 32.1. The Morgan fingerprint density at radius 2 is 1.85 bits per heavy atom. The van der Waals surface area contributed by atoms with E-state index in [1.54, 1.807) is 24.3 Å². The Morgan fingerprint density at radius 1 is 1.15 bits per heavy atom. The van der Waals surface area contributed by atoms with Crippen LogP contribution in [0.2, 0.25) is 0 Å². The second-order valence-electron chi connectivity index (χ2n) is 7.59. The Labute approximate surface area is 161 Å². The van der Waals surface area contributed by atoms with Gasteiger partial charge >= 0.3 is 0 Å². The minimum atomic E-state index is -0.0396. The molecule has 0 unspecified atom stereocenters. The summed E-state index contributed by atoms with van der Waals surface area (Å²) in [5.74, 6) is 0.710. The zero-order chi connectivity index (χ0) is 18.5. The summed E-state index contributed by atoms with van der Waals surface area (Å²) in [6, 6.07) is 7.32. The molecule has 3 rings (SSSR count). The highest BCUT2D eigenvalue weighted by Gasteiger charge is 2.28. The van der Waals surface area contributed by atoms with E-state index >= 15 is 0 Å². The molecule has 1 aliphatic heterocycles. The molecule has 1 aliphatic carbocycles. The van der Waals surface area contributed by atoms with Gasteiger partial charge in [0, 0.05) is 25.0 Å². The Balaban J connectivity index is 1.47. The lowest BCUT2D eigenvalue weighted by Crippen LogP contribution is -2.50. The van der Waals surface area contributed by atoms with Gasteiger partial charge in [-0.2, -0.15) is 0 Å². The number of likely N-dealkylation sites (tertiary alicyclic amines) is 1. The monoisotopic (exact) mass is 375 g/mol. The molecule has 1 aromatic carbocycles. The fourth-order valence-electron chi connectivity index (χ4n) is 3.94. The van der Waals surface area contributed by atoms with Gasteiger partial charge < -0.3 is 20.6 Å². The number of thiocarbonyl (C=S) groups is 1. The Hall–Kier alpha value is -1.82. The molecule has 0 aromatic heterocycles. The maximum Gasteiger partial charge on any atom is 0.227 e. The van der Waals surface area contributed by atoms with E-state index in [1.807, 2.05) is 0 Å². The molecule has 0 spiro atoms. The summed E-state index contributed by atoms with van der Waals surface area (Å²) in [5.41, 5.74) is 0.475. The van der Waals surface area contributed by atoms with Crippen LogP contribution in [-0.4, -0.2) is 40.2 Å². The quantitative estimate of drug-likeness (QED) is 0.557. The molecule has 2 fully saturated rings. The topological polar surface area (TPSA) is 64.6 Å². The summed E-state index contributed by atoms with van der Waals surface area (Å²) < 4.78 is 0. The highest BCUT2D eigenvalue weighted by Crippen LogP contribution is 2.26. The van der Waals surface area contributed by atoms with E-state index in [4.69, 9.17) is 12.2 Å². The summed E-state index contributed by atoms with van der Waals surface area (Å²) >= 11 is 5.62. The first-order valence-corrected chi connectivity index (χ1v) is 10.1. The minimum Gasteiger partial charge on any atom is -0.506 e. The SMILES string of the molecule is C[C@@H]1CCCC[C@H]1NC(=S)N1CCC(C(=O)Nc2ccccc2O)CC1. The van der Waals surface area contributed by atoms with Gasteiger partial charge in [0.25, 0.3) is 0 Å². The Bertz CT molecular complexity index is 644. The number of hydrogen-bond donors (Lipinski definition) is 3. The van der Waals surface area contributed by atoms with Crippen LogP contribution in [0, 0.1) is 11.8 Å². The largest absolute Gasteiger partial charge is 0.506 e. The van der Waals surface area contributed by atoms with Gasteiger partial charge in [-0.3, -0.25) is 4.79 Å². The third-order valence-electron chi connectivity index (χ3n) is 5.74. The Morgan fingerprint density at radius 3 is 2.54 bits per heavy atom. The van der Waals surface area contributed by atoms with Crippen LogP contribution >= 0.6 is 12.2 Å². The summed E-state index contributed by atoms with van der Waals surface area (Å²) in [4.78, 5) is 14.7. The molecule has 26 heavy (non-hydrogen) atoms. The van der Waals surface area contributed by atoms with Crippen molar-refractivity contribution in [2.45, 2.75) is 51.5 Å². The standard InChI is InChI=1S/C20H29N3O2S/c1-14-6-2-3-7-16(14)22-20(26)23-12-10-15(11-13-23)19(25)21-17-8-4-5-9-18(17)24/h4-5,8-9,14-16,24H,2-3,6-7,10-13H2,1H3,(H,21,25)(H,22,26)/t14-,16-/m1/s1. The lowest BCUT2D eigenvalue weighted by molar-refractivity contribution is -0.121. The predicted molar refractivity (Wildman–Crippen MR) is 108 cm³/mol. The molecule has 2 aliphatic rings. The number of aromatic hydroxyl groups is 1. The van der Waals surface area contributed by atoms with Gasteiger partial charge in [-0.25, -0.2) is 0 Å². The molecule has 1 heterocycles. The number of phenols is 1. The van der Waals surface area contributed by atoms with E-state index in [-0.39, 0.29) is 17.6 Å². The van der Waals surface area contributed by atoms with E-state index < -0.39 is 0 Å². The number of hydrogen-bond acceptors (Lipinski definition) is 3. The molecule has 0 radical (unpaired) electrons. The van der Waals surface area contributed by atoms with Gasteiger partial charge in [0.05, 0.1) is 5.69 Å². The summed E-state index contributed by atoms with van der Waals surface area (Å²) in [6.07, 6.45) is 6.63. The smallest absolute Gasteiger partial charge is 0.227 e. The molecule has 1 amide bonds. The van der Waals surface area contributed by atoms with Gasteiger partial charge in [0.1, 0.15) is 5.75 Å². The number of rotatable bonds is 3. The lowest BCUT2D eigenvalue weighted by Gasteiger charge is -2.37. The molecule has 5 nitrogen and oxygen atoms in total. The van der Waals surface area contributed by atoms with Crippen LogP contribution in [0.1, 0.15) is 45.4 Å². The van der Waals surface area contributed by atoms with Crippen LogP contribution in [0.25, 0.3) is 0 Å². The summed E-state index contributed by atoms with van der Waals surface area (Å²) in [5, 5.41) is 17.0. The number of phenolic OH excluding ortho intramolecular Hbond substituents is 1. The van der Waals surface area contributed by atoms with Gasteiger partial charge in [-0.1, -0.05) is 31.9 Å². The zero-order valence-corrected chi connectivity index (χ0v) is 16.2. The van der Waals surface area contributed by atoms with Crippen LogP contribution in [0.5, 0.6) is 5.75 Å². The fraction of sp³-hybridized carbons (Fsp3) is 0.600. The Kier molecular flexibility index (Phi) is 6.35. The lowest BCUT2D eigenvalue weighted by atomic mass is 9.86. The number of carbonyl (C=O) groups excluding carboxylic acids is 1. The van der Waals surface area contributed by atoms with Crippen molar-refractivity contribution >= 4 is 28.9 Å². The van der Waals surface area contributed by atoms with Crippen molar-refractivity contribution < 1.29 is 9.90 Å². The van der Waals surface area contributed by atoms with Gasteiger partial charge in [-0.15, -0.1) is 0 Å². The third kappa shape index (κ3) is 4.67. The first-order valence-electron chi connectivity index (χ1n) is 9.69. The van der Waals surface area contributed by atoms with Gasteiger partial charge in [0.2, 0.25) is 5.91 Å². The van der Waals surface area contributed by atoms with Crippen LogP contribution in [0.4, 0.5) is 5.69 Å². The van der Waals surface area contributed by atoms with E-state index in [0.717, 1.165) is 31.0 Å². The number of para-hydroxylation sites is 2. The van der Waals surface area contributed by atoms with Crippen LogP contribution in [0.15, 0.2) is 24.3 Å².